The lowest BCUT2D eigenvalue weighted by Gasteiger charge is -2.29. The standard InChI is InChI=1S/C18H15N4/c19-20-21-22(16-10-4-1-5-11-16,17-12-6-2-7-13-17)18-14-8-3-9-15-18/h1-15H/q+1. The molecule has 3 rings (SSSR count). The molecule has 0 aliphatic rings. The fourth-order valence-electron chi connectivity index (χ4n) is 2.59. The monoisotopic (exact) mass is 287 g/mol. The number of benzene rings is 3. The third-order valence-corrected chi connectivity index (χ3v) is 3.56. The van der Waals surface area contributed by atoms with Crippen LogP contribution in [-0.4, -0.2) is 0 Å². The van der Waals surface area contributed by atoms with E-state index in [4.69, 9.17) is 0 Å². The van der Waals surface area contributed by atoms with E-state index < -0.39 is 0 Å². The zero-order valence-corrected chi connectivity index (χ0v) is 11.9. The smallest absolute Gasteiger partial charge is 0.117 e. The zero-order valence-electron chi connectivity index (χ0n) is 11.9. The van der Waals surface area contributed by atoms with Gasteiger partial charge in [-0.15, -0.1) is 4.59 Å². The summed E-state index contributed by atoms with van der Waals surface area (Å²) in [5.41, 5.74) is 11.9. The summed E-state index contributed by atoms with van der Waals surface area (Å²) in [5, 5.41) is 4.18. The number of azide groups is 1. The highest BCUT2D eigenvalue weighted by molar-refractivity contribution is 5.69. The molecule has 0 aliphatic heterocycles. The third kappa shape index (κ3) is 2.33. The lowest BCUT2D eigenvalue weighted by Crippen LogP contribution is -2.31. The maximum Gasteiger partial charge on any atom is 0.158 e. The Hall–Kier alpha value is -3.07. The average molecular weight is 287 g/mol. The molecule has 0 aromatic heterocycles. The van der Waals surface area contributed by atoms with Gasteiger partial charge in [-0.2, -0.15) is 0 Å². The van der Waals surface area contributed by atoms with E-state index in [1.807, 2.05) is 91.0 Å². The summed E-state index contributed by atoms with van der Waals surface area (Å²) in [7, 11) is 0. The quantitative estimate of drug-likeness (QED) is 0.189. The average Bonchev–Trinajstić information content (AvgIpc) is 2.62. The number of hydrogen-bond donors (Lipinski definition) is 0. The van der Waals surface area contributed by atoms with Crippen LogP contribution in [0.2, 0.25) is 0 Å². The van der Waals surface area contributed by atoms with Gasteiger partial charge in [-0.1, -0.05) is 54.6 Å². The summed E-state index contributed by atoms with van der Waals surface area (Å²) in [6, 6.07) is 29.3. The molecule has 0 N–H and O–H groups in total. The molecule has 4 heteroatoms. The van der Waals surface area contributed by atoms with Gasteiger partial charge < -0.3 is 0 Å². The third-order valence-electron chi connectivity index (χ3n) is 3.56. The van der Waals surface area contributed by atoms with Crippen LogP contribution >= 0.6 is 0 Å². The molecule has 0 aliphatic carbocycles. The van der Waals surface area contributed by atoms with E-state index in [9.17, 15) is 5.53 Å². The second-order valence-corrected chi connectivity index (χ2v) is 4.82. The van der Waals surface area contributed by atoms with Crippen molar-refractivity contribution in [3.63, 3.8) is 0 Å². The van der Waals surface area contributed by atoms with Crippen molar-refractivity contribution < 1.29 is 0 Å². The van der Waals surface area contributed by atoms with Gasteiger partial charge in [-0.3, -0.25) is 0 Å². The Kier molecular flexibility index (Phi) is 3.88. The Bertz CT molecular complexity index is 682. The fraction of sp³-hybridized carbons (Fsp3) is 0. The van der Waals surface area contributed by atoms with Gasteiger partial charge in [0.2, 0.25) is 0 Å². The minimum atomic E-state index is -0.0288. The van der Waals surface area contributed by atoms with E-state index in [2.05, 4.69) is 10.1 Å². The zero-order chi connectivity index (χ0) is 15.3. The van der Waals surface area contributed by atoms with Crippen molar-refractivity contribution in [3.8, 4) is 0 Å². The number of para-hydroxylation sites is 3. The van der Waals surface area contributed by atoms with Crippen molar-refractivity contribution in [1.82, 2.24) is 4.59 Å². The van der Waals surface area contributed by atoms with Crippen molar-refractivity contribution in [3.05, 3.63) is 101 Å². The van der Waals surface area contributed by atoms with E-state index in [1.165, 1.54) is 0 Å². The van der Waals surface area contributed by atoms with Crippen LogP contribution in [0.1, 0.15) is 0 Å². The molecule has 0 saturated heterocycles. The van der Waals surface area contributed by atoms with Gasteiger partial charge in [-0.05, 0) is 0 Å². The molecule has 0 unspecified atom stereocenters. The first-order valence-electron chi connectivity index (χ1n) is 7.00. The lowest BCUT2D eigenvalue weighted by molar-refractivity contribution is 0.544. The SMILES string of the molecule is [N-]=[N+]=N[N+](c1ccccc1)(c1ccccc1)c1ccccc1. The number of nitrogens with zero attached hydrogens (tertiary/aromatic N) is 4. The van der Waals surface area contributed by atoms with Crippen LogP contribution in [0.15, 0.2) is 96.2 Å². The van der Waals surface area contributed by atoms with Crippen LogP contribution in [-0.2, 0) is 0 Å². The summed E-state index contributed by atoms with van der Waals surface area (Å²) in [6.45, 7) is 0. The van der Waals surface area contributed by atoms with Gasteiger partial charge in [0, 0.05) is 41.9 Å². The summed E-state index contributed by atoms with van der Waals surface area (Å²) in [6.07, 6.45) is 0. The largest absolute Gasteiger partial charge is 0.158 e. The number of quaternary nitrogens is 1. The molecular formula is C18H15N4+. The molecule has 0 heterocycles. The first-order chi connectivity index (χ1) is 10.9. The first-order valence-corrected chi connectivity index (χ1v) is 7.00. The Balaban J connectivity index is 2.37. The minimum absolute atomic E-state index is 0.0288. The van der Waals surface area contributed by atoms with Gasteiger partial charge in [0.1, 0.15) is 5.22 Å². The highest BCUT2D eigenvalue weighted by Gasteiger charge is 2.36. The van der Waals surface area contributed by atoms with Crippen LogP contribution in [0.3, 0.4) is 0 Å². The van der Waals surface area contributed by atoms with Crippen molar-refractivity contribution in [2.24, 2.45) is 5.22 Å². The summed E-state index contributed by atoms with van der Waals surface area (Å²) < 4.78 is -0.0288. The van der Waals surface area contributed by atoms with Crippen molar-refractivity contribution in [2.45, 2.75) is 0 Å². The molecule has 4 nitrogen and oxygen atoms in total. The van der Waals surface area contributed by atoms with Crippen LogP contribution < -0.4 is 4.59 Å². The maximum absolute atomic E-state index is 9.23. The summed E-state index contributed by atoms with van der Waals surface area (Å²) in [4.78, 5) is 3.13. The van der Waals surface area contributed by atoms with Crippen LogP contribution in [0.5, 0.6) is 0 Å². The molecule has 106 valence electrons. The Morgan fingerprint density at radius 3 is 1.18 bits per heavy atom. The number of hydrogen-bond acceptors (Lipinski definition) is 1. The van der Waals surface area contributed by atoms with E-state index >= 15 is 0 Å². The Morgan fingerprint density at radius 1 is 0.591 bits per heavy atom. The van der Waals surface area contributed by atoms with Gasteiger partial charge in [0.15, 0.2) is 17.1 Å². The molecule has 22 heavy (non-hydrogen) atoms. The van der Waals surface area contributed by atoms with E-state index in [0.717, 1.165) is 17.1 Å². The minimum Gasteiger partial charge on any atom is -0.117 e. The highest BCUT2D eigenvalue weighted by Crippen LogP contribution is 2.44. The second kappa shape index (κ2) is 6.14. The molecular weight excluding hydrogens is 272 g/mol. The van der Waals surface area contributed by atoms with Crippen molar-refractivity contribution in [1.29, 1.82) is 0 Å². The molecule has 0 radical (unpaired) electrons. The van der Waals surface area contributed by atoms with E-state index in [-0.39, 0.29) is 4.59 Å². The van der Waals surface area contributed by atoms with Crippen LogP contribution in [0.4, 0.5) is 17.1 Å². The molecule has 0 saturated carbocycles. The maximum atomic E-state index is 9.23. The summed E-state index contributed by atoms with van der Waals surface area (Å²) >= 11 is 0. The highest BCUT2D eigenvalue weighted by atomic mass is 15.7. The fourth-order valence-corrected chi connectivity index (χ4v) is 2.59. The Morgan fingerprint density at radius 2 is 0.909 bits per heavy atom. The van der Waals surface area contributed by atoms with Crippen LogP contribution in [0, 0.1) is 0 Å². The Labute approximate surface area is 129 Å². The second-order valence-electron chi connectivity index (χ2n) is 4.82. The predicted molar refractivity (Wildman–Crippen MR) is 89.6 cm³/mol. The normalized spacial score (nSPS) is 10.7. The molecule has 0 spiro atoms. The molecule has 0 fully saturated rings. The summed E-state index contributed by atoms with van der Waals surface area (Å²) in [5.74, 6) is 0. The van der Waals surface area contributed by atoms with Crippen molar-refractivity contribution in [2.75, 3.05) is 0 Å². The van der Waals surface area contributed by atoms with Gasteiger partial charge in [0.25, 0.3) is 0 Å². The van der Waals surface area contributed by atoms with Gasteiger partial charge in [-0.25, -0.2) is 0 Å². The van der Waals surface area contributed by atoms with E-state index in [1.54, 1.807) is 0 Å². The first kappa shape index (κ1) is 13.9. The van der Waals surface area contributed by atoms with Crippen molar-refractivity contribution >= 4 is 17.1 Å². The van der Waals surface area contributed by atoms with Gasteiger partial charge in [0.05, 0.1) is 4.91 Å². The van der Waals surface area contributed by atoms with Gasteiger partial charge >= 0.3 is 0 Å². The van der Waals surface area contributed by atoms with Crippen LogP contribution in [0.25, 0.3) is 10.4 Å². The lowest BCUT2D eigenvalue weighted by atomic mass is 10.1. The number of rotatable bonds is 4. The molecule has 0 amide bonds. The molecule has 3 aromatic rings. The molecule has 0 atom stereocenters. The molecule has 3 aromatic carbocycles. The predicted octanol–water partition coefficient (Wildman–Crippen LogP) is 5.88. The molecule has 0 bridgehead atoms. The topological polar surface area (TPSA) is 48.8 Å². The van der Waals surface area contributed by atoms with E-state index in [0.29, 0.717) is 0 Å².